The summed E-state index contributed by atoms with van der Waals surface area (Å²) in [5.74, 6) is 0.640. The second-order valence-corrected chi connectivity index (χ2v) is 10.6. The lowest BCUT2D eigenvalue weighted by atomic mass is 10.0. The van der Waals surface area contributed by atoms with Crippen molar-refractivity contribution in [2.24, 2.45) is 0 Å². The third-order valence-corrected chi connectivity index (χ3v) is 6.87. The molecular formula is C32H53NO6. The Morgan fingerprint density at radius 3 is 2.33 bits per heavy atom. The number of aryl methyl sites for hydroxylation is 1. The Balaban J connectivity index is 2.41. The van der Waals surface area contributed by atoms with Crippen molar-refractivity contribution in [2.45, 2.75) is 116 Å². The summed E-state index contributed by atoms with van der Waals surface area (Å²) in [7, 11) is 3.51. The molecular weight excluding hydrogens is 494 g/mol. The number of aliphatic hydroxyl groups excluding tert-OH is 1. The number of rotatable bonds is 23. The van der Waals surface area contributed by atoms with Crippen LogP contribution in [0, 0.1) is 0 Å². The number of carbonyl (C=O) groups excluding carboxylic acids is 1. The van der Waals surface area contributed by atoms with E-state index in [0.717, 1.165) is 56.1 Å². The molecule has 2 N–H and O–H groups in total. The number of benzene rings is 1. The number of carboxylic acid groups (broad SMARTS) is 1. The minimum absolute atomic E-state index is 0.0254. The number of hydrogen-bond acceptors (Lipinski definition) is 5. The van der Waals surface area contributed by atoms with Crippen LogP contribution in [0.15, 0.2) is 29.8 Å². The molecule has 39 heavy (non-hydrogen) atoms. The predicted molar refractivity (Wildman–Crippen MR) is 158 cm³/mol. The van der Waals surface area contributed by atoms with Crippen molar-refractivity contribution in [1.29, 1.82) is 0 Å². The number of ether oxygens (including phenoxy) is 2. The van der Waals surface area contributed by atoms with Gasteiger partial charge in [0, 0.05) is 26.9 Å². The van der Waals surface area contributed by atoms with Crippen molar-refractivity contribution in [3.05, 3.63) is 35.4 Å². The van der Waals surface area contributed by atoms with E-state index in [-0.39, 0.29) is 18.4 Å². The fraction of sp³-hybridized carbons (Fsp3) is 0.688. The molecule has 0 aliphatic rings. The number of aliphatic hydroxyl groups is 1. The molecule has 1 aromatic rings. The molecule has 0 aliphatic heterocycles. The number of unbranched alkanes of at least 4 members (excludes halogenated alkanes) is 8. The van der Waals surface area contributed by atoms with Crippen LogP contribution in [-0.2, 0) is 16.0 Å². The van der Waals surface area contributed by atoms with Crippen molar-refractivity contribution in [3.8, 4) is 11.5 Å². The van der Waals surface area contributed by atoms with Gasteiger partial charge in [0.2, 0.25) is 5.91 Å². The Morgan fingerprint density at radius 2 is 1.62 bits per heavy atom. The number of allylic oxidation sites excluding steroid dienone is 1. The summed E-state index contributed by atoms with van der Waals surface area (Å²) in [6.45, 7) is 5.28. The van der Waals surface area contributed by atoms with Crippen LogP contribution in [0.5, 0.6) is 11.5 Å². The lowest BCUT2D eigenvalue weighted by Gasteiger charge is -2.14. The highest BCUT2D eigenvalue weighted by atomic mass is 16.5. The molecule has 1 rings (SSSR count). The quantitative estimate of drug-likeness (QED) is 0.114. The van der Waals surface area contributed by atoms with Gasteiger partial charge in [0.1, 0.15) is 11.5 Å². The summed E-state index contributed by atoms with van der Waals surface area (Å²) in [5.41, 5.74) is 1.88. The molecule has 7 nitrogen and oxygen atoms in total. The van der Waals surface area contributed by atoms with Gasteiger partial charge in [-0.25, -0.2) is 0 Å². The molecule has 7 heteroatoms. The first kappa shape index (κ1) is 34.5. The first-order valence-electron chi connectivity index (χ1n) is 14.9. The van der Waals surface area contributed by atoms with E-state index in [2.05, 4.69) is 13.0 Å². The number of amides is 1. The van der Waals surface area contributed by atoms with Crippen molar-refractivity contribution in [1.82, 2.24) is 4.90 Å². The van der Waals surface area contributed by atoms with Crippen molar-refractivity contribution < 1.29 is 29.3 Å². The largest absolute Gasteiger partial charge is 0.494 e. The maximum absolute atomic E-state index is 11.7. The average Bonchev–Trinajstić information content (AvgIpc) is 2.91. The molecule has 1 aromatic carbocycles. The first-order chi connectivity index (χ1) is 18.7. The van der Waals surface area contributed by atoms with Crippen LogP contribution in [0.25, 0.3) is 0 Å². The van der Waals surface area contributed by atoms with Gasteiger partial charge in [-0.1, -0.05) is 51.5 Å². The Hall–Kier alpha value is -2.54. The lowest BCUT2D eigenvalue weighted by Crippen LogP contribution is -2.21. The van der Waals surface area contributed by atoms with Crippen LogP contribution < -0.4 is 9.47 Å². The maximum atomic E-state index is 11.7. The summed E-state index contributed by atoms with van der Waals surface area (Å²) in [6, 6.07) is 5.56. The molecule has 0 saturated heterocycles. The van der Waals surface area contributed by atoms with E-state index in [1.165, 1.54) is 32.1 Å². The van der Waals surface area contributed by atoms with Crippen LogP contribution in [-0.4, -0.2) is 60.4 Å². The predicted octanol–water partition coefficient (Wildman–Crippen LogP) is 6.95. The third kappa shape index (κ3) is 16.9. The molecule has 0 radical (unpaired) electrons. The highest BCUT2D eigenvalue weighted by molar-refractivity contribution is 5.75. The van der Waals surface area contributed by atoms with E-state index in [9.17, 15) is 14.7 Å². The fourth-order valence-electron chi connectivity index (χ4n) is 4.26. The molecule has 1 unspecified atom stereocenters. The Morgan fingerprint density at radius 1 is 0.923 bits per heavy atom. The number of hydrogen-bond donors (Lipinski definition) is 2. The van der Waals surface area contributed by atoms with E-state index in [0.29, 0.717) is 37.6 Å². The smallest absolute Gasteiger partial charge is 0.303 e. The molecule has 0 bridgehead atoms. The van der Waals surface area contributed by atoms with Gasteiger partial charge in [0.15, 0.2) is 0 Å². The van der Waals surface area contributed by atoms with Crippen LogP contribution in [0.1, 0.15) is 109 Å². The van der Waals surface area contributed by atoms with Gasteiger partial charge in [-0.15, -0.1) is 0 Å². The Labute approximate surface area is 236 Å². The molecule has 0 fully saturated rings. The van der Waals surface area contributed by atoms with Crippen LogP contribution in [0.3, 0.4) is 0 Å². The number of carboxylic acids is 1. The molecule has 0 heterocycles. The first-order valence-corrected chi connectivity index (χ1v) is 14.9. The zero-order valence-corrected chi connectivity index (χ0v) is 24.9. The second kappa shape index (κ2) is 21.3. The Bertz CT molecular complexity index is 851. The van der Waals surface area contributed by atoms with Gasteiger partial charge < -0.3 is 24.6 Å². The van der Waals surface area contributed by atoms with E-state index in [1.54, 1.807) is 19.0 Å². The van der Waals surface area contributed by atoms with Gasteiger partial charge in [0.25, 0.3) is 0 Å². The molecule has 222 valence electrons. The highest BCUT2D eigenvalue weighted by Crippen LogP contribution is 2.26. The van der Waals surface area contributed by atoms with E-state index < -0.39 is 5.97 Å². The SMILES string of the molecule is CCCCCCCCC(O)/C(C)=C/CCCCOc1ccc(OCCCCC(=O)N(C)C)cc1CCC(=O)O. The van der Waals surface area contributed by atoms with Crippen LogP contribution >= 0.6 is 0 Å². The van der Waals surface area contributed by atoms with E-state index in [1.807, 2.05) is 25.1 Å². The third-order valence-electron chi connectivity index (χ3n) is 6.87. The molecule has 0 spiro atoms. The molecule has 0 aromatic heterocycles. The summed E-state index contributed by atoms with van der Waals surface area (Å²) < 4.78 is 11.8. The summed E-state index contributed by atoms with van der Waals surface area (Å²) in [5, 5.41) is 19.5. The van der Waals surface area contributed by atoms with Crippen molar-refractivity contribution >= 4 is 11.9 Å². The topological polar surface area (TPSA) is 96.3 Å². The number of carbonyl (C=O) groups is 2. The minimum atomic E-state index is -0.848. The maximum Gasteiger partial charge on any atom is 0.303 e. The van der Waals surface area contributed by atoms with Gasteiger partial charge in [-0.2, -0.15) is 0 Å². The molecule has 0 aliphatic carbocycles. The molecule has 1 atom stereocenters. The minimum Gasteiger partial charge on any atom is -0.494 e. The van der Waals surface area contributed by atoms with Gasteiger partial charge >= 0.3 is 5.97 Å². The van der Waals surface area contributed by atoms with Crippen LogP contribution in [0.2, 0.25) is 0 Å². The fourth-order valence-corrected chi connectivity index (χ4v) is 4.26. The van der Waals surface area contributed by atoms with E-state index >= 15 is 0 Å². The zero-order valence-electron chi connectivity index (χ0n) is 24.9. The lowest BCUT2D eigenvalue weighted by molar-refractivity contribution is -0.137. The second-order valence-electron chi connectivity index (χ2n) is 10.6. The van der Waals surface area contributed by atoms with Crippen molar-refractivity contribution in [3.63, 3.8) is 0 Å². The summed E-state index contributed by atoms with van der Waals surface area (Å²) >= 11 is 0. The summed E-state index contributed by atoms with van der Waals surface area (Å²) in [4.78, 5) is 24.4. The Kier molecular flexibility index (Phi) is 18.8. The standard InChI is InChI=1S/C32H53NO6/c1-5-6-7-8-9-12-17-29(34)26(2)16-11-10-14-24-39-30-21-20-28(25-27(30)19-22-32(36)37)38-23-15-13-18-31(35)33(3)4/h16,20-21,25,29,34H,5-15,17-19,22-24H2,1-4H3,(H,36,37)/b26-16+. The monoisotopic (exact) mass is 547 g/mol. The van der Waals surface area contributed by atoms with Crippen molar-refractivity contribution in [2.75, 3.05) is 27.3 Å². The average molecular weight is 548 g/mol. The van der Waals surface area contributed by atoms with Gasteiger partial charge in [-0.3, -0.25) is 9.59 Å². The highest BCUT2D eigenvalue weighted by Gasteiger charge is 2.10. The number of nitrogens with zero attached hydrogens (tertiary/aromatic N) is 1. The summed E-state index contributed by atoms with van der Waals surface area (Å²) in [6.07, 6.45) is 15.2. The van der Waals surface area contributed by atoms with Crippen LogP contribution in [0.4, 0.5) is 0 Å². The molecule has 1 amide bonds. The van der Waals surface area contributed by atoms with E-state index in [4.69, 9.17) is 14.6 Å². The van der Waals surface area contributed by atoms with Gasteiger partial charge in [0.05, 0.1) is 19.3 Å². The zero-order chi connectivity index (χ0) is 28.9. The van der Waals surface area contributed by atoms with Gasteiger partial charge in [-0.05, 0) is 81.2 Å². The molecule has 0 saturated carbocycles. The number of aliphatic carboxylic acids is 1. The normalized spacial score (nSPS) is 12.3.